The van der Waals surface area contributed by atoms with Gasteiger partial charge in [-0.05, 0) is 24.8 Å². The van der Waals surface area contributed by atoms with Crippen LogP contribution in [0.2, 0.25) is 0 Å². The Hall–Kier alpha value is -1.84. The molecule has 0 radical (unpaired) electrons. The van der Waals surface area contributed by atoms with Gasteiger partial charge in [-0.15, -0.1) is 0 Å². The summed E-state index contributed by atoms with van der Waals surface area (Å²) in [6.07, 6.45) is 1.32. The minimum absolute atomic E-state index is 0.0852. The first kappa shape index (κ1) is 17.2. The zero-order valence-corrected chi connectivity index (χ0v) is 13.2. The molecule has 1 unspecified atom stereocenters. The fraction of sp³-hybridized carbons (Fsp3) is 0.529. The van der Waals surface area contributed by atoms with Crippen LogP contribution in [0.15, 0.2) is 24.3 Å². The third-order valence-corrected chi connectivity index (χ3v) is 3.89. The van der Waals surface area contributed by atoms with Gasteiger partial charge in [0.1, 0.15) is 6.04 Å². The maximum absolute atomic E-state index is 12.2. The van der Waals surface area contributed by atoms with Crippen LogP contribution in [0.5, 0.6) is 0 Å². The van der Waals surface area contributed by atoms with E-state index in [1.54, 1.807) is 0 Å². The van der Waals surface area contributed by atoms with Crippen LogP contribution in [-0.4, -0.2) is 23.0 Å². The lowest BCUT2D eigenvalue weighted by Gasteiger charge is -2.22. The zero-order valence-electron chi connectivity index (χ0n) is 13.2. The second-order valence-corrected chi connectivity index (χ2v) is 5.80. The lowest BCUT2D eigenvalue weighted by atomic mass is 9.96. The predicted molar refractivity (Wildman–Crippen MR) is 83.1 cm³/mol. The normalized spacial score (nSPS) is 15.0. The third kappa shape index (κ3) is 5.21. The van der Waals surface area contributed by atoms with Gasteiger partial charge in [0.25, 0.3) is 0 Å². The van der Waals surface area contributed by atoms with Crippen molar-refractivity contribution >= 4 is 11.9 Å². The molecule has 21 heavy (non-hydrogen) atoms. The van der Waals surface area contributed by atoms with Crippen molar-refractivity contribution in [1.29, 1.82) is 0 Å². The molecule has 116 valence electrons. The molecule has 1 aromatic rings. The lowest BCUT2D eigenvalue weighted by molar-refractivity contribution is -0.143. The van der Waals surface area contributed by atoms with Crippen molar-refractivity contribution in [3.8, 4) is 0 Å². The smallest absolute Gasteiger partial charge is 0.326 e. The average molecular weight is 291 g/mol. The Morgan fingerprint density at radius 1 is 1.19 bits per heavy atom. The molecule has 0 saturated carbocycles. The highest BCUT2D eigenvalue weighted by Gasteiger charge is 2.27. The molecule has 3 atom stereocenters. The maximum Gasteiger partial charge on any atom is 0.326 e. The summed E-state index contributed by atoms with van der Waals surface area (Å²) >= 11 is 0. The third-order valence-electron chi connectivity index (χ3n) is 3.89. The van der Waals surface area contributed by atoms with E-state index in [1.165, 1.54) is 5.56 Å². The second-order valence-electron chi connectivity index (χ2n) is 5.80. The number of carbonyl (C=O) groups is 2. The van der Waals surface area contributed by atoms with E-state index >= 15 is 0 Å². The fourth-order valence-electron chi connectivity index (χ4n) is 2.15. The minimum atomic E-state index is -0.972. The number of carboxylic acid groups (broad SMARTS) is 1. The Morgan fingerprint density at radius 3 is 2.24 bits per heavy atom. The first-order chi connectivity index (χ1) is 9.85. The molecule has 0 saturated heterocycles. The number of carbonyl (C=O) groups excluding carboxylic acids is 1. The molecule has 1 aromatic carbocycles. The second kappa shape index (κ2) is 7.81. The standard InChI is InChI=1S/C17H25NO3/c1-5-12(3)15(17(20)21)18-16(19)13(4)10-14-8-6-11(2)7-9-14/h6-9,12-13,15H,5,10H2,1-4H3,(H,18,19)(H,20,21)/t12-,13?,15-/m0/s1. The molecule has 0 bridgehead atoms. The first-order valence-electron chi connectivity index (χ1n) is 7.43. The zero-order chi connectivity index (χ0) is 16.0. The van der Waals surface area contributed by atoms with Crippen molar-refractivity contribution in [2.24, 2.45) is 11.8 Å². The van der Waals surface area contributed by atoms with E-state index in [2.05, 4.69) is 5.32 Å². The van der Waals surface area contributed by atoms with Gasteiger partial charge in [-0.1, -0.05) is 57.0 Å². The van der Waals surface area contributed by atoms with Crippen LogP contribution in [0.4, 0.5) is 0 Å². The van der Waals surface area contributed by atoms with Crippen LogP contribution in [0.3, 0.4) is 0 Å². The molecule has 2 N–H and O–H groups in total. The molecule has 0 aliphatic carbocycles. The number of amides is 1. The molecule has 4 heteroatoms. The summed E-state index contributed by atoms with van der Waals surface area (Å²) in [5.41, 5.74) is 2.26. The summed E-state index contributed by atoms with van der Waals surface area (Å²) in [5, 5.41) is 11.9. The Morgan fingerprint density at radius 2 is 1.76 bits per heavy atom. The average Bonchev–Trinajstić information content (AvgIpc) is 2.45. The highest BCUT2D eigenvalue weighted by Crippen LogP contribution is 2.13. The highest BCUT2D eigenvalue weighted by molar-refractivity contribution is 5.85. The van der Waals surface area contributed by atoms with Crippen LogP contribution in [0.1, 0.15) is 38.3 Å². The van der Waals surface area contributed by atoms with Crippen molar-refractivity contribution in [3.63, 3.8) is 0 Å². The Bertz CT molecular complexity index is 481. The molecular formula is C17H25NO3. The Balaban J connectivity index is 2.64. The molecule has 0 spiro atoms. The van der Waals surface area contributed by atoms with E-state index in [9.17, 15) is 14.7 Å². The Labute approximate surface area is 126 Å². The van der Waals surface area contributed by atoms with Crippen LogP contribution in [0.25, 0.3) is 0 Å². The molecule has 0 fully saturated rings. The van der Waals surface area contributed by atoms with Crippen molar-refractivity contribution in [2.45, 2.75) is 46.6 Å². The van der Waals surface area contributed by atoms with Crippen molar-refractivity contribution in [3.05, 3.63) is 35.4 Å². The first-order valence-corrected chi connectivity index (χ1v) is 7.43. The van der Waals surface area contributed by atoms with E-state index in [-0.39, 0.29) is 17.7 Å². The maximum atomic E-state index is 12.2. The summed E-state index contributed by atoms with van der Waals surface area (Å²) in [4.78, 5) is 23.4. The SMILES string of the molecule is CC[C@H](C)[C@H](NC(=O)C(C)Cc1ccc(C)cc1)C(=O)O. The number of aliphatic carboxylic acids is 1. The van der Waals surface area contributed by atoms with Crippen LogP contribution >= 0.6 is 0 Å². The predicted octanol–water partition coefficient (Wildman–Crippen LogP) is 2.79. The fourth-order valence-corrected chi connectivity index (χ4v) is 2.15. The van der Waals surface area contributed by atoms with Crippen molar-refractivity contribution in [1.82, 2.24) is 5.32 Å². The molecule has 1 amide bonds. The van der Waals surface area contributed by atoms with Gasteiger partial charge in [0.15, 0.2) is 0 Å². The van der Waals surface area contributed by atoms with Gasteiger partial charge in [0.05, 0.1) is 0 Å². The van der Waals surface area contributed by atoms with Gasteiger partial charge in [0.2, 0.25) is 5.91 Å². The van der Waals surface area contributed by atoms with Gasteiger partial charge in [-0.3, -0.25) is 4.79 Å². The van der Waals surface area contributed by atoms with E-state index < -0.39 is 12.0 Å². The number of hydrogen-bond donors (Lipinski definition) is 2. The van der Waals surface area contributed by atoms with E-state index in [4.69, 9.17) is 0 Å². The van der Waals surface area contributed by atoms with Crippen LogP contribution < -0.4 is 5.32 Å². The molecule has 0 aromatic heterocycles. The van der Waals surface area contributed by atoms with E-state index in [1.807, 2.05) is 52.0 Å². The summed E-state index contributed by atoms with van der Waals surface area (Å²) < 4.78 is 0. The molecular weight excluding hydrogens is 266 g/mol. The molecule has 0 aliphatic heterocycles. The summed E-state index contributed by atoms with van der Waals surface area (Å²) in [7, 11) is 0. The number of aryl methyl sites for hydroxylation is 1. The summed E-state index contributed by atoms with van der Waals surface area (Å²) in [6.45, 7) is 7.60. The monoisotopic (exact) mass is 291 g/mol. The number of hydrogen-bond acceptors (Lipinski definition) is 2. The lowest BCUT2D eigenvalue weighted by Crippen LogP contribution is -2.47. The van der Waals surface area contributed by atoms with Crippen molar-refractivity contribution < 1.29 is 14.7 Å². The van der Waals surface area contributed by atoms with Gasteiger partial charge in [0, 0.05) is 5.92 Å². The number of rotatable bonds is 7. The van der Waals surface area contributed by atoms with Gasteiger partial charge >= 0.3 is 5.97 Å². The van der Waals surface area contributed by atoms with Gasteiger partial charge in [-0.25, -0.2) is 4.79 Å². The number of nitrogens with one attached hydrogen (secondary N) is 1. The topological polar surface area (TPSA) is 66.4 Å². The summed E-state index contributed by atoms with van der Waals surface area (Å²) in [5.74, 6) is -1.51. The van der Waals surface area contributed by atoms with Crippen LogP contribution in [-0.2, 0) is 16.0 Å². The quantitative estimate of drug-likeness (QED) is 0.812. The molecule has 4 nitrogen and oxygen atoms in total. The largest absolute Gasteiger partial charge is 0.480 e. The number of benzene rings is 1. The number of carboxylic acids is 1. The molecule has 0 heterocycles. The highest BCUT2D eigenvalue weighted by atomic mass is 16.4. The van der Waals surface area contributed by atoms with Gasteiger partial charge in [-0.2, -0.15) is 0 Å². The van der Waals surface area contributed by atoms with Crippen LogP contribution in [0, 0.1) is 18.8 Å². The molecule has 1 rings (SSSR count). The van der Waals surface area contributed by atoms with E-state index in [0.29, 0.717) is 12.8 Å². The van der Waals surface area contributed by atoms with Gasteiger partial charge < -0.3 is 10.4 Å². The van der Waals surface area contributed by atoms with Crippen molar-refractivity contribution in [2.75, 3.05) is 0 Å². The summed E-state index contributed by atoms with van der Waals surface area (Å²) in [6, 6.07) is 7.21. The Kier molecular flexibility index (Phi) is 6.40. The molecule has 0 aliphatic rings. The van der Waals surface area contributed by atoms with E-state index in [0.717, 1.165) is 5.56 Å². The minimum Gasteiger partial charge on any atom is -0.480 e.